The number of hydrogen-bond acceptors (Lipinski definition) is 3. The number of halogens is 1. The third kappa shape index (κ3) is 2.10. The van der Waals surface area contributed by atoms with Crippen molar-refractivity contribution < 1.29 is 4.39 Å². The van der Waals surface area contributed by atoms with E-state index >= 15 is 0 Å². The zero-order chi connectivity index (χ0) is 11.5. The van der Waals surface area contributed by atoms with E-state index in [1.165, 1.54) is 23.5 Å². The monoisotopic (exact) mass is 235 g/mol. The number of thiophene rings is 1. The van der Waals surface area contributed by atoms with Crippen molar-refractivity contribution in [3.8, 4) is 10.4 Å². The quantitative estimate of drug-likeness (QED) is 0.324. The van der Waals surface area contributed by atoms with Crippen LogP contribution in [0.2, 0.25) is 0 Å². The summed E-state index contributed by atoms with van der Waals surface area (Å²) < 4.78 is 12.7. The van der Waals surface area contributed by atoms with E-state index in [4.69, 9.17) is 11.3 Å². The van der Waals surface area contributed by atoms with Crippen LogP contribution in [-0.2, 0) is 0 Å². The van der Waals surface area contributed by atoms with Crippen molar-refractivity contribution >= 4 is 17.2 Å². The molecule has 4 N–H and O–H groups in total. The van der Waals surface area contributed by atoms with Crippen LogP contribution in [0, 0.1) is 11.2 Å². The van der Waals surface area contributed by atoms with Crippen molar-refractivity contribution in [3.05, 3.63) is 47.1 Å². The number of hydrogen-bond donors (Lipinski definition) is 3. The molecule has 0 radical (unpaired) electrons. The van der Waals surface area contributed by atoms with Gasteiger partial charge < -0.3 is 5.43 Å². The Kier molecular flexibility index (Phi) is 2.98. The van der Waals surface area contributed by atoms with E-state index in [9.17, 15) is 4.39 Å². The van der Waals surface area contributed by atoms with E-state index < -0.39 is 0 Å². The Labute approximate surface area is 96.2 Å². The van der Waals surface area contributed by atoms with Crippen LogP contribution in [-0.4, -0.2) is 5.84 Å². The molecule has 0 unspecified atom stereocenters. The van der Waals surface area contributed by atoms with Gasteiger partial charge in [0, 0.05) is 4.88 Å². The van der Waals surface area contributed by atoms with E-state index in [0.29, 0.717) is 0 Å². The molecular weight excluding hydrogens is 225 g/mol. The molecular formula is C11H10FN3S. The van der Waals surface area contributed by atoms with Gasteiger partial charge in [0.25, 0.3) is 0 Å². The van der Waals surface area contributed by atoms with E-state index in [1.807, 2.05) is 12.1 Å². The predicted molar refractivity (Wildman–Crippen MR) is 63.9 cm³/mol. The molecule has 0 saturated heterocycles. The number of rotatable bonds is 2. The lowest BCUT2D eigenvalue weighted by Gasteiger charge is -1.98. The molecule has 2 rings (SSSR count). The number of nitrogens with two attached hydrogens (primary N) is 1. The summed E-state index contributed by atoms with van der Waals surface area (Å²) in [6.45, 7) is 0. The van der Waals surface area contributed by atoms with E-state index in [-0.39, 0.29) is 11.7 Å². The minimum Gasteiger partial charge on any atom is -0.308 e. The highest BCUT2D eigenvalue weighted by atomic mass is 32.1. The Hall–Kier alpha value is -1.72. The van der Waals surface area contributed by atoms with E-state index in [2.05, 4.69) is 5.43 Å². The number of nitrogens with one attached hydrogen (secondary N) is 2. The fourth-order valence-corrected chi connectivity index (χ4v) is 2.24. The molecule has 5 heteroatoms. The van der Waals surface area contributed by atoms with Crippen LogP contribution in [0.4, 0.5) is 4.39 Å². The van der Waals surface area contributed by atoms with Gasteiger partial charge in [-0.25, -0.2) is 10.2 Å². The highest BCUT2D eigenvalue weighted by Gasteiger charge is 2.05. The van der Waals surface area contributed by atoms with Gasteiger partial charge in [0.15, 0.2) is 0 Å². The first-order valence-electron chi connectivity index (χ1n) is 4.62. The zero-order valence-corrected chi connectivity index (χ0v) is 9.14. The van der Waals surface area contributed by atoms with Crippen molar-refractivity contribution in [2.75, 3.05) is 0 Å². The summed E-state index contributed by atoms with van der Waals surface area (Å²) in [7, 11) is 0. The van der Waals surface area contributed by atoms with Crippen LogP contribution in [0.3, 0.4) is 0 Å². The molecule has 0 saturated carbocycles. The second kappa shape index (κ2) is 4.42. The van der Waals surface area contributed by atoms with Crippen molar-refractivity contribution in [1.29, 1.82) is 5.41 Å². The Balaban J connectivity index is 2.31. The summed E-state index contributed by atoms with van der Waals surface area (Å²) in [6.07, 6.45) is 0. The summed E-state index contributed by atoms with van der Waals surface area (Å²) >= 11 is 1.44. The van der Waals surface area contributed by atoms with Crippen LogP contribution in [0.5, 0.6) is 0 Å². The Morgan fingerprint density at radius 3 is 2.50 bits per heavy atom. The molecule has 0 bridgehead atoms. The summed E-state index contributed by atoms with van der Waals surface area (Å²) in [5.41, 5.74) is 3.22. The standard InChI is InChI=1S/C11H10FN3S/c12-8-3-1-7(2-4-8)9-5-6-10(16-9)11(13)15-14/h1-6H,14H2,(H2,13,15). The average Bonchev–Trinajstić information content (AvgIpc) is 2.78. The van der Waals surface area contributed by atoms with Crippen molar-refractivity contribution in [2.45, 2.75) is 0 Å². The van der Waals surface area contributed by atoms with Crippen LogP contribution in [0.1, 0.15) is 4.88 Å². The molecule has 3 nitrogen and oxygen atoms in total. The van der Waals surface area contributed by atoms with Gasteiger partial charge in [0.05, 0.1) is 4.88 Å². The highest BCUT2D eigenvalue weighted by Crippen LogP contribution is 2.27. The van der Waals surface area contributed by atoms with Crippen LogP contribution in [0.15, 0.2) is 36.4 Å². The maximum Gasteiger partial charge on any atom is 0.149 e. The SMILES string of the molecule is N=C(NN)c1ccc(-c2ccc(F)cc2)s1. The molecule has 0 amide bonds. The molecule has 0 aliphatic carbocycles. The number of benzene rings is 1. The average molecular weight is 235 g/mol. The van der Waals surface area contributed by atoms with Crippen LogP contribution < -0.4 is 11.3 Å². The zero-order valence-electron chi connectivity index (χ0n) is 8.33. The molecule has 1 heterocycles. The van der Waals surface area contributed by atoms with Crippen molar-refractivity contribution in [3.63, 3.8) is 0 Å². The van der Waals surface area contributed by atoms with Crippen molar-refractivity contribution in [2.24, 2.45) is 5.84 Å². The molecule has 0 spiro atoms. The molecule has 1 aromatic heterocycles. The smallest absolute Gasteiger partial charge is 0.149 e. The van der Waals surface area contributed by atoms with Crippen LogP contribution in [0.25, 0.3) is 10.4 Å². The molecule has 0 aliphatic heterocycles. The molecule has 16 heavy (non-hydrogen) atoms. The Bertz CT molecular complexity index is 504. The van der Waals surface area contributed by atoms with Crippen molar-refractivity contribution in [1.82, 2.24) is 5.43 Å². The fourth-order valence-electron chi connectivity index (χ4n) is 1.31. The first-order chi connectivity index (χ1) is 7.70. The third-order valence-electron chi connectivity index (χ3n) is 2.13. The molecule has 2 aromatic rings. The highest BCUT2D eigenvalue weighted by molar-refractivity contribution is 7.17. The minimum absolute atomic E-state index is 0.179. The Morgan fingerprint density at radius 1 is 1.19 bits per heavy atom. The number of hydrazine groups is 1. The third-order valence-corrected chi connectivity index (χ3v) is 3.28. The molecule has 0 atom stereocenters. The van der Waals surface area contributed by atoms with Gasteiger partial charge in [-0.2, -0.15) is 0 Å². The second-order valence-corrected chi connectivity index (χ2v) is 4.27. The largest absolute Gasteiger partial charge is 0.308 e. The van der Waals surface area contributed by atoms with Gasteiger partial charge in [-0.1, -0.05) is 12.1 Å². The second-order valence-electron chi connectivity index (χ2n) is 3.19. The number of amidine groups is 1. The summed E-state index contributed by atoms with van der Waals surface area (Å²) in [4.78, 5) is 1.73. The maximum atomic E-state index is 12.7. The topological polar surface area (TPSA) is 61.9 Å². The molecule has 0 aliphatic rings. The predicted octanol–water partition coefficient (Wildman–Crippen LogP) is 2.34. The summed E-state index contributed by atoms with van der Waals surface area (Å²) in [5.74, 6) is 5.08. The van der Waals surface area contributed by atoms with E-state index in [1.54, 1.807) is 12.1 Å². The fraction of sp³-hybridized carbons (Fsp3) is 0. The summed E-state index contributed by atoms with van der Waals surface area (Å²) in [6, 6.07) is 9.96. The molecule has 0 fully saturated rings. The van der Waals surface area contributed by atoms with Gasteiger partial charge >= 0.3 is 0 Å². The normalized spacial score (nSPS) is 10.1. The minimum atomic E-state index is -0.253. The lowest BCUT2D eigenvalue weighted by atomic mass is 10.2. The first-order valence-corrected chi connectivity index (χ1v) is 5.43. The van der Waals surface area contributed by atoms with Gasteiger partial charge in [0.1, 0.15) is 11.7 Å². The maximum absolute atomic E-state index is 12.7. The van der Waals surface area contributed by atoms with Gasteiger partial charge in [-0.3, -0.25) is 5.41 Å². The van der Waals surface area contributed by atoms with Gasteiger partial charge in [0.2, 0.25) is 0 Å². The van der Waals surface area contributed by atoms with Gasteiger partial charge in [-0.05, 0) is 29.8 Å². The lowest BCUT2D eigenvalue weighted by molar-refractivity contribution is 0.628. The van der Waals surface area contributed by atoms with E-state index in [0.717, 1.165) is 15.3 Å². The molecule has 1 aromatic carbocycles. The molecule has 82 valence electrons. The Morgan fingerprint density at radius 2 is 1.88 bits per heavy atom. The van der Waals surface area contributed by atoms with Crippen LogP contribution >= 0.6 is 11.3 Å². The lowest BCUT2D eigenvalue weighted by Crippen LogP contribution is -2.29. The summed E-state index contributed by atoms with van der Waals surface area (Å²) in [5, 5.41) is 7.50. The first kappa shape index (κ1) is 10.8. The van der Waals surface area contributed by atoms with Gasteiger partial charge in [-0.15, -0.1) is 11.3 Å².